The second-order valence-corrected chi connectivity index (χ2v) is 7.59. The standard InChI is InChI=1S/C17H35N3O/c1-13(2)10-11-20(15-8-6-7-9-15)12-17(5,16(18)21)19-14(3)4/h13-15,19H,6-12H2,1-5H3,(H2,18,21). The van der Waals surface area contributed by atoms with Gasteiger partial charge in [0.15, 0.2) is 0 Å². The normalized spacial score (nSPS) is 19.6. The van der Waals surface area contributed by atoms with Gasteiger partial charge in [0.05, 0.1) is 0 Å². The summed E-state index contributed by atoms with van der Waals surface area (Å²) in [5.74, 6) is 0.440. The molecule has 21 heavy (non-hydrogen) atoms. The largest absolute Gasteiger partial charge is 0.368 e. The third-order valence-corrected chi connectivity index (χ3v) is 4.51. The van der Waals surface area contributed by atoms with Gasteiger partial charge < -0.3 is 11.1 Å². The van der Waals surface area contributed by atoms with Crippen LogP contribution in [0, 0.1) is 5.92 Å². The summed E-state index contributed by atoms with van der Waals surface area (Å²) in [6.45, 7) is 12.4. The fourth-order valence-electron chi connectivity index (χ4n) is 3.32. The van der Waals surface area contributed by atoms with Crippen molar-refractivity contribution < 1.29 is 4.79 Å². The number of rotatable bonds is 9. The molecule has 0 aliphatic heterocycles. The molecule has 1 fully saturated rings. The Hall–Kier alpha value is -0.610. The van der Waals surface area contributed by atoms with E-state index in [9.17, 15) is 4.79 Å². The van der Waals surface area contributed by atoms with Crippen LogP contribution in [0.3, 0.4) is 0 Å². The van der Waals surface area contributed by atoms with Crippen molar-refractivity contribution in [3.8, 4) is 0 Å². The van der Waals surface area contributed by atoms with Crippen LogP contribution in [-0.4, -0.2) is 41.5 Å². The summed E-state index contributed by atoms with van der Waals surface area (Å²) >= 11 is 0. The number of amides is 1. The molecule has 1 amide bonds. The van der Waals surface area contributed by atoms with E-state index in [1.54, 1.807) is 0 Å². The molecule has 4 nitrogen and oxygen atoms in total. The molecule has 0 aromatic rings. The molecule has 1 saturated carbocycles. The van der Waals surface area contributed by atoms with Crippen molar-refractivity contribution in [3.63, 3.8) is 0 Å². The average molecular weight is 297 g/mol. The molecule has 1 unspecified atom stereocenters. The molecule has 0 aromatic carbocycles. The lowest BCUT2D eigenvalue weighted by Crippen LogP contribution is -2.62. The van der Waals surface area contributed by atoms with Crippen molar-refractivity contribution in [3.05, 3.63) is 0 Å². The Morgan fingerprint density at radius 2 is 1.86 bits per heavy atom. The summed E-state index contributed by atoms with van der Waals surface area (Å²) in [7, 11) is 0. The number of carbonyl (C=O) groups is 1. The minimum atomic E-state index is -0.645. The van der Waals surface area contributed by atoms with Crippen molar-refractivity contribution in [2.24, 2.45) is 11.7 Å². The second kappa shape index (κ2) is 8.14. The molecule has 1 rings (SSSR count). The van der Waals surface area contributed by atoms with Crippen molar-refractivity contribution in [1.82, 2.24) is 10.2 Å². The lowest BCUT2D eigenvalue weighted by Gasteiger charge is -2.38. The molecule has 0 spiro atoms. The van der Waals surface area contributed by atoms with Crippen LogP contribution in [0.4, 0.5) is 0 Å². The summed E-state index contributed by atoms with van der Waals surface area (Å²) in [6.07, 6.45) is 6.32. The molecular weight excluding hydrogens is 262 g/mol. The van der Waals surface area contributed by atoms with Gasteiger partial charge in [0.2, 0.25) is 5.91 Å². The quantitative estimate of drug-likeness (QED) is 0.687. The summed E-state index contributed by atoms with van der Waals surface area (Å²) in [5.41, 5.74) is 5.05. The van der Waals surface area contributed by atoms with Crippen LogP contribution in [0.5, 0.6) is 0 Å². The van der Waals surface area contributed by atoms with Crippen LogP contribution in [0.2, 0.25) is 0 Å². The summed E-state index contributed by atoms with van der Waals surface area (Å²) in [6, 6.07) is 0.870. The van der Waals surface area contributed by atoms with E-state index in [2.05, 4.69) is 37.9 Å². The maximum atomic E-state index is 12.0. The Bertz CT molecular complexity index is 324. The van der Waals surface area contributed by atoms with Gasteiger partial charge >= 0.3 is 0 Å². The molecule has 0 aromatic heterocycles. The van der Waals surface area contributed by atoms with Crippen LogP contribution >= 0.6 is 0 Å². The maximum absolute atomic E-state index is 12.0. The zero-order valence-corrected chi connectivity index (χ0v) is 14.6. The minimum absolute atomic E-state index is 0.247. The maximum Gasteiger partial charge on any atom is 0.238 e. The van der Waals surface area contributed by atoms with Crippen molar-refractivity contribution in [2.75, 3.05) is 13.1 Å². The van der Waals surface area contributed by atoms with Gasteiger partial charge in [-0.3, -0.25) is 9.69 Å². The average Bonchev–Trinajstić information content (AvgIpc) is 2.86. The van der Waals surface area contributed by atoms with Crippen molar-refractivity contribution >= 4 is 5.91 Å². The topological polar surface area (TPSA) is 58.4 Å². The van der Waals surface area contributed by atoms with Gasteiger partial charge in [-0.15, -0.1) is 0 Å². The van der Waals surface area contributed by atoms with E-state index in [1.807, 2.05) is 6.92 Å². The zero-order valence-electron chi connectivity index (χ0n) is 14.6. The van der Waals surface area contributed by atoms with E-state index in [-0.39, 0.29) is 11.9 Å². The van der Waals surface area contributed by atoms with E-state index in [4.69, 9.17) is 5.73 Å². The lowest BCUT2D eigenvalue weighted by atomic mass is 9.97. The van der Waals surface area contributed by atoms with Gasteiger partial charge in [0.1, 0.15) is 5.54 Å². The molecule has 4 heteroatoms. The monoisotopic (exact) mass is 297 g/mol. The van der Waals surface area contributed by atoms with Gasteiger partial charge in [-0.05, 0) is 52.5 Å². The minimum Gasteiger partial charge on any atom is -0.368 e. The number of carbonyl (C=O) groups excluding carboxylic acids is 1. The van der Waals surface area contributed by atoms with E-state index in [0.29, 0.717) is 12.0 Å². The van der Waals surface area contributed by atoms with Gasteiger partial charge in [0.25, 0.3) is 0 Å². The van der Waals surface area contributed by atoms with Gasteiger partial charge in [0, 0.05) is 18.6 Å². The molecule has 0 bridgehead atoms. The molecule has 3 N–H and O–H groups in total. The van der Waals surface area contributed by atoms with E-state index >= 15 is 0 Å². The summed E-state index contributed by atoms with van der Waals surface area (Å²) in [4.78, 5) is 14.5. The fraction of sp³-hybridized carbons (Fsp3) is 0.941. The highest BCUT2D eigenvalue weighted by atomic mass is 16.1. The van der Waals surface area contributed by atoms with E-state index in [1.165, 1.54) is 32.1 Å². The number of hydrogen-bond donors (Lipinski definition) is 2. The highest BCUT2D eigenvalue weighted by molar-refractivity contribution is 5.84. The number of hydrogen-bond acceptors (Lipinski definition) is 3. The smallest absolute Gasteiger partial charge is 0.238 e. The zero-order chi connectivity index (χ0) is 16.0. The third kappa shape index (κ3) is 5.95. The van der Waals surface area contributed by atoms with Gasteiger partial charge in [-0.25, -0.2) is 0 Å². The summed E-state index contributed by atoms with van der Waals surface area (Å²) < 4.78 is 0. The first kappa shape index (κ1) is 18.4. The van der Waals surface area contributed by atoms with Gasteiger partial charge in [-0.2, -0.15) is 0 Å². The number of nitrogens with zero attached hydrogens (tertiary/aromatic N) is 1. The first-order valence-electron chi connectivity index (χ1n) is 8.56. The molecule has 1 aliphatic carbocycles. The molecule has 1 aliphatic rings. The van der Waals surface area contributed by atoms with Crippen LogP contribution in [-0.2, 0) is 4.79 Å². The molecular formula is C17H35N3O. The van der Waals surface area contributed by atoms with E-state index < -0.39 is 5.54 Å². The second-order valence-electron chi connectivity index (χ2n) is 7.59. The fourth-order valence-corrected chi connectivity index (χ4v) is 3.32. The first-order valence-corrected chi connectivity index (χ1v) is 8.56. The predicted molar refractivity (Wildman–Crippen MR) is 89.2 cm³/mol. The number of primary amides is 1. The predicted octanol–water partition coefficient (Wildman–Crippen LogP) is 2.52. The van der Waals surface area contributed by atoms with Crippen molar-refractivity contribution in [2.45, 2.75) is 84.3 Å². The van der Waals surface area contributed by atoms with Gasteiger partial charge in [-0.1, -0.05) is 26.7 Å². The Morgan fingerprint density at radius 3 is 2.29 bits per heavy atom. The Kier molecular flexibility index (Phi) is 7.14. The number of nitrogens with two attached hydrogens (primary N) is 1. The van der Waals surface area contributed by atoms with Crippen LogP contribution in [0.25, 0.3) is 0 Å². The van der Waals surface area contributed by atoms with Crippen LogP contribution < -0.4 is 11.1 Å². The highest BCUT2D eigenvalue weighted by Gasteiger charge is 2.36. The highest BCUT2D eigenvalue weighted by Crippen LogP contribution is 2.25. The Labute approximate surface area is 130 Å². The molecule has 0 heterocycles. The van der Waals surface area contributed by atoms with E-state index in [0.717, 1.165) is 13.1 Å². The molecule has 124 valence electrons. The molecule has 0 saturated heterocycles. The lowest BCUT2D eigenvalue weighted by molar-refractivity contribution is -0.125. The van der Waals surface area contributed by atoms with Crippen LogP contribution in [0.15, 0.2) is 0 Å². The third-order valence-electron chi connectivity index (χ3n) is 4.51. The molecule has 0 radical (unpaired) electrons. The number of nitrogens with one attached hydrogen (secondary N) is 1. The van der Waals surface area contributed by atoms with Crippen LogP contribution in [0.1, 0.15) is 66.7 Å². The Balaban J connectivity index is 2.77. The first-order chi connectivity index (χ1) is 9.74. The Morgan fingerprint density at radius 1 is 1.29 bits per heavy atom. The SMILES string of the molecule is CC(C)CCN(CC(C)(NC(C)C)C(N)=O)C1CCCC1. The van der Waals surface area contributed by atoms with Crippen molar-refractivity contribution in [1.29, 1.82) is 0 Å². The molecule has 1 atom stereocenters. The summed E-state index contributed by atoms with van der Waals surface area (Å²) in [5, 5.41) is 3.38.